The Morgan fingerprint density at radius 2 is 1.65 bits per heavy atom. The Morgan fingerprint density at radius 3 is 2.43 bits per heavy atom. The van der Waals surface area contributed by atoms with E-state index in [1.54, 1.807) is 14.2 Å². The maximum absolute atomic E-state index is 5.43. The minimum Gasteiger partial charge on any atom is -0.496 e. The summed E-state index contributed by atoms with van der Waals surface area (Å²) in [4.78, 5) is 4.64. The van der Waals surface area contributed by atoms with Crippen molar-refractivity contribution in [2.75, 3.05) is 14.2 Å². The molecule has 0 saturated heterocycles. The van der Waals surface area contributed by atoms with Crippen molar-refractivity contribution < 1.29 is 9.47 Å². The van der Waals surface area contributed by atoms with Gasteiger partial charge in [0.15, 0.2) is 0 Å². The second kappa shape index (κ2) is 6.84. The molecule has 3 rings (SSSR count). The summed E-state index contributed by atoms with van der Waals surface area (Å²) in [5.74, 6) is 1.44. The van der Waals surface area contributed by atoms with Gasteiger partial charge in [0.05, 0.1) is 24.4 Å². The van der Waals surface area contributed by atoms with Crippen molar-refractivity contribution in [3.8, 4) is 11.5 Å². The van der Waals surface area contributed by atoms with Crippen molar-refractivity contribution >= 4 is 38.6 Å². The Kier molecular flexibility index (Phi) is 4.63. The Morgan fingerprint density at radius 1 is 0.913 bits per heavy atom. The molecule has 4 heteroatoms. The standard InChI is InChI=1S/C19H16BrNO2/c1-22-18-11-19(23-2)16(20)10-14(18)12-21-17-9-5-7-13-6-3-4-8-15(13)17/h3-12H,1-2H3. The van der Waals surface area contributed by atoms with Crippen LogP contribution in [-0.4, -0.2) is 20.4 Å². The fourth-order valence-corrected chi connectivity index (χ4v) is 2.97. The van der Waals surface area contributed by atoms with Gasteiger partial charge < -0.3 is 9.47 Å². The molecule has 0 aliphatic rings. The highest BCUT2D eigenvalue weighted by atomic mass is 79.9. The largest absolute Gasteiger partial charge is 0.496 e. The molecular weight excluding hydrogens is 354 g/mol. The molecule has 0 N–H and O–H groups in total. The van der Waals surface area contributed by atoms with E-state index in [1.807, 2.05) is 42.6 Å². The lowest BCUT2D eigenvalue weighted by molar-refractivity contribution is 0.392. The second-order valence-corrected chi connectivity index (χ2v) is 5.84. The quantitative estimate of drug-likeness (QED) is 0.578. The minimum absolute atomic E-state index is 0.717. The zero-order valence-electron chi connectivity index (χ0n) is 12.9. The van der Waals surface area contributed by atoms with E-state index in [4.69, 9.17) is 9.47 Å². The third-order valence-corrected chi connectivity index (χ3v) is 4.23. The van der Waals surface area contributed by atoms with E-state index in [0.29, 0.717) is 5.75 Å². The highest BCUT2D eigenvalue weighted by Crippen LogP contribution is 2.32. The van der Waals surface area contributed by atoms with Crippen LogP contribution in [0, 0.1) is 0 Å². The molecule has 3 nitrogen and oxygen atoms in total. The smallest absolute Gasteiger partial charge is 0.136 e. The molecule has 0 radical (unpaired) electrons. The van der Waals surface area contributed by atoms with E-state index in [1.165, 1.54) is 5.39 Å². The third-order valence-electron chi connectivity index (χ3n) is 3.61. The lowest BCUT2D eigenvalue weighted by Crippen LogP contribution is -1.94. The van der Waals surface area contributed by atoms with Crippen molar-refractivity contribution in [3.05, 3.63) is 64.6 Å². The van der Waals surface area contributed by atoms with Crippen LogP contribution < -0.4 is 9.47 Å². The first-order valence-corrected chi connectivity index (χ1v) is 7.95. The topological polar surface area (TPSA) is 30.8 Å². The first kappa shape index (κ1) is 15.6. The molecule has 0 aliphatic heterocycles. The van der Waals surface area contributed by atoms with E-state index in [2.05, 4.69) is 39.1 Å². The van der Waals surface area contributed by atoms with Crippen molar-refractivity contribution in [1.29, 1.82) is 0 Å². The van der Waals surface area contributed by atoms with Crippen molar-refractivity contribution in [2.45, 2.75) is 0 Å². The molecule has 0 saturated carbocycles. The lowest BCUT2D eigenvalue weighted by Gasteiger charge is -2.09. The summed E-state index contributed by atoms with van der Waals surface area (Å²) in [5.41, 5.74) is 1.81. The summed E-state index contributed by atoms with van der Waals surface area (Å²) in [6.45, 7) is 0. The van der Waals surface area contributed by atoms with Crippen LogP contribution in [0.3, 0.4) is 0 Å². The number of halogens is 1. The highest BCUT2D eigenvalue weighted by Gasteiger charge is 2.08. The summed E-state index contributed by atoms with van der Waals surface area (Å²) in [6, 6.07) is 18.1. The maximum Gasteiger partial charge on any atom is 0.136 e. The number of benzene rings is 3. The van der Waals surface area contributed by atoms with Crippen LogP contribution in [-0.2, 0) is 0 Å². The number of methoxy groups -OCH3 is 2. The van der Waals surface area contributed by atoms with Gasteiger partial charge in [0.1, 0.15) is 11.5 Å². The summed E-state index contributed by atoms with van der Waals surface area (Å²) >= 11 is 3.49. The molecule has 3 aromatic carbocycles. The van der Waals surface area contributed by atoms with Crippen molar-refractivity contribution in [3.63, 3.8) is 0 Å². The molecule has 0 aliphatic carbocycles. The third kappa shape index (κ3) is 3.22. The van der Waals surface area contributed by atoms with Crippen LogP contribution >= 0.6 is 15.9 Å². The Labute approximate surface area is 143 Å². The molecule has 0 spiro atoms. The SMILES string of the molecule is COc1cc(OC)c(C=Nc2cccc3ccccc23)cc1Br. The van der Waals surface area contributed by atoms with E-state index in [9.17, 15) is 0 Å². The number of aliphatic imine (C=N–C) groups is 1. The van der Waals surface area contributed by atoms with E-state index in [0.717, 1.165) is 26.9 Å². The summed E-state index contributed by atoms with van der Waals surface area (Å²) in [7, 11) is 3.27. The Balaban J connectivity index is 2.04. The number of hydrogen-bond acceptors (Lipinski definition) is 3. The van der Waals surface area contributed by atoms with Gasteiger partial charge in [0.2, 0.25) is 0 Å². The number of fused-ring (bicyclic) bond motifs is 1. The zero-order chi connectivity index (χ0) is 16.2. The average molecular weight is 370 g/mol. The molecule has 0 fully saturated rings. The fraction of sp³-hybridized carbons (Fsp3) is 0.105. The van der Waals surface area contributed by atoms with Crippen LogP contribution in [0.1, 0.15) is 5.56 Å². The predicted octanol–water partition coefficient (Wildman–Crippen LogP) is 5.37. The Hall–Kier alpha value is -2.33. The van der Waals surface area contributed by atoms with Gasteiger partial charge in [-0.05, 0) is 33.4 Å². The normalized spacial score (nSPS) is 11.1. The van der Waals surface area contributed by atoms with Crippen LogP contribution in [0.2, 0.25) is 0 Å². The van der Waals surface area contributed by atoms with Crippen LogP contribution in [0.15, 0.2) is 64.1 Å². The summed E-state index contributed by atoms with van der Waals surface area (Å²) < 4.78 is 11.6. The lowest BCUT2D eigenvalue weighted by atomic mass is 10.1. The van der Waals surface area contributed by atoms with Gasteiger partial charge in [-0.25, -0.2) is 0 Å². The van der Waals surface area contributed by atoms with Gasteiger partial charge in [-0.15, -0.1) is 0 Å². The number of ether oxygens (including phenoxy) is 2. The number of hydrogen-bond donors (Lipinski definition) is 0. The number of nitrogens with zero attached hydrogens (tertiary/aromatic N) is 1. The van der Waals surface area contributed by atoms with Gasteiger partial charge in [0, 0.05) is 23.2 Å². The minimum atomic E-state index is 0.717. The predicted molar refractivity (Wildman–Crippen MR) is 98.4 cm³/mol. The first-order valence-electron chi connectivity index (χ1n) is 7.16. The van der Waals surface area contributed by atoms with Gasteiger partial charge >= 0.3 is 0 Å². The molecular formula is C19H16BrNO2. The van der Waals surface area contributed by atoms with Crippen molar-refractivity contribution in [1.82, 2.24) is 0 Å². The summed E-state index contributed by atoms with van der Waals surface area (Å²) in [5, 5.41) is 2.29. The van der Waals surface area contributed by atoms with Crippen LogP contribution in [0.5, 0.6) is 11.5 Å². The van der Waals surface area contributed by atoms with E-state index in [-0.39, 0.29) is 0 Å². The van der Waals surface area contributed by atoms with Gasteiger partial charge in [-0.1, -0.05) is 36.4 Å². The summed E-state index contributed by atoms with van der Waals surface area (Å²) in [6.07, 6.45) is 1.81. The fourth-order valence-electron chi connectivity index (χ4n) is 2.44. The highest BCUT2D eigenvalue weighted by molar-refractivity contribution is 9.10. The molecule has 116 valence electrons. The molecule has 23 heavy (non-hydrogen) atoms. The monoisotopic (exact) mass is 369 g/mol. The zero-order valence-corrected chi connectivity index (χ0v) is 14.5. The van der Waals surface area contributed by atoms with Crippen LogP contribution in [0.4, 0.5) is 5.69 Å². The molecule has 0 unspecified atom stereocenters. The molecule has 0 bridgehead atoms. The van der Waals surface area contributed by atoms with E-state index >= 15 is 0 Å². The molecule has 0 aromatic heterocycles. The first-order chi connectivity index (χ1) is 11.2. The number of rotatable bonds is 4. The molecule has 3 aromatic rings. The maximum atomic E-state index is 5.43. The molecule has 0 atom stereocenters. The van der Waals surface area contributed by atoms with Crippen molar-refractivity contribution in [2.24, 2.45) is 4.99 Å². The van der Waals surface area contributed by atoms with Gasteiger partial charge in [0.25, 0.3) is 0 Å². The molecule has 0 heterocycles. The van der Waals surface area contributed by atoms with Gasteiger partial charge in [-0.2, -0.15) is 0 Å². The molecule has 0 amide bonds. The van der Waals surface area contributed by atoms with Crippen LogP contribution in [0.25, 0.3) is 10.8 Å². The second-order valence-electron chi connectivity index (χ2n) is 4.99. The van der Waals surface area contributed by atoms with E-state index < -0.39 is 0 Å². The van der Waals surface area contributed by atoms with Gasteiger partial charge in [-0.3, -0.25) is 4.99 Å². The Bertz CT molecular complexity index is 869. The average Bonchev–Trinajstić information content (AvgIpc) is 2.60.